The Kier molecular flexibility index (Phi) is 3.37. The van der Waals surface area contributed by atoms with Gasteiger partial charge in [-0.3, -0.25) is 0 Å². The molecular weight excluding hydrogens is 200 g/mol. The van der Waals surface area contributed by atoms with Crippen LogP contribution in [-0.4, -0.2) is 11.5 Å². The first-order valence-corrected chi connectivity index (χ1v) is 5.51. The lowest BCUT2D eigenvalue weighted by Gasteiger charge is -1.97. The molecule has 3 heteroatoms. The molecule has 84 valence electrons. The first kappa shape index (κ1) is 10.9. The number of nitrogens with two attached hydrogens (primary N) is 1. The number of oxazole rings is 1. The van der Waals surface area contributed by atoms with Crippen molar-refractivity contribution >= 4 is 0 Å². The van der Waals surface area contributed by atoms with Crippen LogP contribution in [0.2, 0.25) is 0 Å². The molecular formula is C13H16N2O. The van der Waals surface area contributed by atoms with Gasteiger partial charge in [-0.2, -0.15) is 0 Å². The van der Waals surface area contributed by atoms with Crippen LogP contribution in [0, 0.1) is 6.92 Å². The zero-order valence-corrected chi connectivity index (χ0v) is 9.44. The molecule has 0 radical (unpaired) electrons. The summed E-state index contributed by atoms with van der Waals surface area (Å²) in [7, 11) is 0. The highest BCUT2D eigenvalue weighted by atomic mass is 16.4. The molecule has 1 heterocycles. The molecule has 0 saturated carbocycles. The third-order valence-electron chi connectivity index (χ3n) is 2.45. The van der Waals surface area contributed by atoms with Gasteiger partial charge in [-0.15, -0.1) is 0 Å². The molecule has 0 saturated heterocycles. The van der Waals surface area contributed by atoms with Crippen molar-refractivity contribution in [1.29, 1.82) is 0 Å². The fraction of sp³-hybridized carbons (Fsp3) is 0.308. The molecule has 0 aliphatic carbocycles. The summed E-state index contributed by atoms with van der Waals surface area (Å²) < 4.78 is 5.66. The summed E-state index contributed by atoms with van der Waals surface area (Å²) in [6, 6.07) is 8.20. The molecule has 1 aromatic heterocycles. The number of hydrogen-bond acceptors (Lipinski definition) is 3. The Morgan fingerprint density at radius 2 is 2.25 bits per heavy atom. The molecule has 0 amide bonds. The van der Waals surface area contributed by atoms with Crippen LogP contribution in [-0.2, 0) is 6.42 Å². The van der Waals surface area contributed by atoms with Gasteiger partial charge < -0.3 is 10.2 Å². The van der Waals surface area contributed by atoms with Crippen LogP contribution in [0.1, 0.15) is 17.9 Å². The Morgan fingerprint density at radius 3 is 3.00 bits per heavy atom. The summed E-state index contributed by atoms with van der Waals surface area (Å²) in [5, 5.41) is 0. The van der Waals surface area contributed by atoms with E-state index in [1.54, 1.807) is 6.20 Å². The van der Waals surface area contributed by atoms with E-state index in [4.69, 9.17) is 10.2 Å². The SMILES string of the molecule is Cc1cccc(-c2cnc(CCCN)o2)c1. The fourth-order valence-electron chi connectivity index (χ4n) is 1.61. The fourth-order valence-corrected chi connectivity index (χ4v) is 1.61. The van der Waals surface area contributed by atoms with Crippen molar-refractivity contribution in [1.82, 2.24) is 4.98 Å². The highest BCUT2D eigenvalue weighted by Crippen LogP contribution is 2.21. The molecule has 0 spiro atoms. The molecule has 2 N–H and O–H groups in total. The van der Waals surface area contributed by atoms with E-state index in [0.29, 0.717) is 6.54 Å². The predicted molar refractivity (Wildman–Crippen MR) is 64.1 cm³/mol. The minimum absolute atomic E-state index is 0.669. The second-order valence-electron chi connectivity index (χ2n) is 3.88. The first-order chi connectivity index (χ1) is 7.79. The average molecular weight is 216 g/mol. The maximum Gasteiger partial charge on any atom is 0.194 e. The van der Waals surface area contributed by atoms with Crippen LogP contribution in [0.4, 0.5) is 0 Å². The van der Waals surface area contributed by atoms with Gasteiger partial charge in [0.15, 0.2) is 11.7 Å². The monoisotopic (exact) mass is 216 g/mol. The first-order valence-electron chi connectivity index (χ1n) is 5.51. The van der Waals surface area contributed by atoms with Gasteiger partial charge >= 0.3 is 0 Å². The highest BCUT2D eigenvalue weighted by Gasteiger charge is 2.05. The van der Waals surface area contributed by atoms with E-state index in [9.17, 15) is 0 Å². The van der Waals surface area contributed by atoms with Gasteiger partial charge in [0.25, 0.3) is 0 Å². The molecule has 0 fully saturated rings. The van der Waals surface area contributed by atoms with Crippen LogP contribution in [0.5, 0.6) is 0 Å². The van der Waals surface area contributed by atoms with Crippen molar-refractivity contribution < 1.29 is 4.42 Å². The minimum Gasteiger partial charge on any atom is -0.441 e. The summed E-state index contributed by atoms with van der Waals surface area (Å²) in [6.45, 7) is 2.73. The second-order valence-corrected chi connectivity index (χ2v) is 3.88. The quantitative estimate of drug-likeness (QED) is 0.854. The molecule has 0 atom stereocenters. The molecule has 2 aromatic rings. The van der Waals surface area contributed by atoms with Gasteiger partial charge in [-0.25, -0.2) is 4.98 Å². The lowest BCUT2D eigenvalue weighted by Crippen LogP contribution is -2.00. The molecule has 2 rings (SSSR count). The maximum atomic E-state index is 5.66. The van der Waals surface area contributed by atoms with Gasteiger partial charge in [0.2, 0.25) is 0 Å². The molecule has 0 unspecified atom stereocenters. The van der Waals surface area contributed by atoms with Crippen LogP contribution in [0.3, 0.4) is 0 Å². The lowest BCUT2D eigenvalue weighted by atomic mass is 10.1. The molecule has 1 aromatic carbocycles. The highest BCUT2D eigenvalue weighted by molar-refractivity contribution is 5.57. The van der Waals surface area contributed by atoms with E-state index in [1.807, 2.05) is 12.1 Å². The summed E-state index contributed by atoms with van der Waals surface area (Å²) in [4.78, 5) is 4.24. The van der Waals surface area contributed by atoms with Crippen LogP contribution in [0.15, 0.2) is 34.9 Å². The van der Waals surface area contributed by atoms with Crippen LogP contribution >= 0.6 is 0 Å². The number of rotatable bonds is 4. The Hall–Kier alpha value is -1.61. The maximum absolute atomic E-state index is 5.66. The van der Waals surface area contributed by atoms with Gasteiger partial charge in [0, 0.05) is 12.0 Å². The number of benzene rings is 1. The van der Waals surface area contributed by atoms with Gasteiger partial charge in [0.05, 0.1) is 6.20 Å². The molecule has 0 bridgehead atoms. The Bertz CT molecular complexity index is 462. The third kappa shape index (κ3) is 2.49. The number of hydrogen-bond donors (Lipinski definition) is 1. The molecule has 0 aliphatic heterocycles. The van der Waals surface area contributed by atoms with E-state index in [0.717, 1.165) is 30.1 Å². The van der Waals surface area contributed by atoms with Crippen LogP contribution in [0.25, 0.3) is 11.3 Å². The van der Waals surface area contributed by atoms with Crippen molar-refractivity contribution in [3.8, 4) is 11.3 Å². The van der Waals surface area contributed by atoms with Crippen LogP contribution < -0.4 is 5.73 Å². The summed E-state index contributed by atoms with van der Waals surface area (Å²) in [5.41, 5.74) is 7.74. The van der Waals surface area contributed by atoms with E-state index in [-0.39, 0.29) is 0 Å². The van der Waals surface area contributed by atoms with Gasteiger partial charge in [-0.1, -0.05) is 23.8 Å². The Labute approximate surface area is 95.3 Å². The van der Waals surface area contributed by atoms with Crippen molar-refractivity contribution in [2.24, 2.45) is 5.73 Å². The number of aryl methyl sites for hydroxylation is 2. The zero-order valence-electron chi connectivity index (χ0n) is 9.44. The van der Waals surface area contributed by atoms with Crippen molar-refractivity contribution in [2.75, 3.05) is 6.54 Å². The smallest absolute Gasteiger partial charge is 0.194 e. The number of nitrogens with zero attached hydrogens (tertiary/aromatic N) is 1. The van der Waals surface area contributed by atoms with Gasteiger partial charge in [0.1, 0.15) is 0 Å². The summed E-state index contributed by atoms with van der Waals surface area (Å²) in [6.07, 6.45) is 3.50. The predicted octanol–water partition coefficient (Wildman–Crippen LogP) is 2.54. The normalized spacial score (nSPS) is 10.6. The molecule has 3 nitrogen and oxygen atoms in total. The van der Waals surface area contributed by atoms with Gasteiger partial charge in [-0.05, 0) is 26.0 Å². The molecule has 0 aliphatic rings. The zero-order chi connectivity index (χ0) is 11.4. The van der Waals surface area contributed by atoms with E-state index in [1.165, 1.54) is 5.56 Å². The standard InChI is InChI=1S/C13H16N2O/c1-10-4-2-5-11(8-10)12-9-15-13(16-12)6-3-7-14/h2,4-5,8-9H,3,6-7,14H2,1H3. The van der Waals surface area contributed by atoms with Crippen molar-refractivity contribution in [3.05, 3.63) is 41.9 Å². The lowest BCUT2D eigenvalue weighted by molar-refractivity contribution is 0.499. The summed E-state index contributed by atoms with van der Waals surface area (Å²) in [5.74, 6) is 1.60. The Morgan fingerprint density at radius 1 is 1.38 bits per heavy atom. The average Bonchev–Trinajstić information content (AvgIpc) is 2.75. The summed E-state index contributed by atoms with van der Waals surface area (Å²) >= 11 is 0. The number of aromatic nitrogens is 1. The van der Waals surface area contributed by atoms with Crippen molar-refractivity contribution in [2.45, 2.75) is 19.8 Å². The topological polar surface area (TPSA) is 52.0 Å². The van der Waals surface area contributed by atoms with E-state index >= 15 is 0 Å². The second kappa shape index (κ2) is 4.94. The van der Waals surface area contributed by atoms with E-state index < -0.39 is 0 Å². The Balaban J connectivity index is 2.18. The minimum atomic E-state index is 0.669. The van der Waals surface area contributed by atoms with E-state index in [2.05, 4.69) is 24.0 Å². The molecule has 16 heavy (non-hydrogen) atoms. The third-order valence-corrected chi connectivity index (χ3v) is 2.45. The largest absolute Gasteiger partial charge is 0.441 e. The van der Waals surface area contributed by atoms with Crippen molar-refractivity contribution in [3.63, 3.8) is 0 Å².